The number of ether oxygens (including phenoxy) is 1. The van der Waals surface area contributed by atoms with Crippen molar-refractivity contribution in [3.8, 4) is 5.75 Å². The molecule has 2 heterocycles. The van der Waals surface area contributed by atoms with E-state index < -0.39 is 0 Å². The molecule has 0 aliphatic carbocycles. The molecule has 7 heteroatoms. The molecule has 1 aromatic carbocycles. The highest BCUT2D eigenvalue weighted by molar-refractivity contribution is 6.29. The monoisotopic (exact) mass is 289 g/mol. The van der Waals surface area contributed by atoms with Gasteiger partial charge in [0.1, 0.15) is 29.7 Å². The number of rotatable bonds is 5. The van der Waals surface area contributed by atoms with E-state index in [1.807, 2.05) is 30.3 Å². The maximum atomic E-state index is 5.93. The molecule has 0 fully saturated rings. The molecule has 0 saturated heterocycles. The molecule has 0 spiro atoms. The van der Waals surface area contributed by atoms with Crippen LogP contribution in [-0.2, 0) is 0 Å². The van der Waals surface area contributed by atoms with Gasteiger partial charge in [-0.2, -0.15) is 19.6 Å². The molecule has 0 amide bonds. The third kappa shape index (κ3) is 2.80. The van der Waals surface area contributed by atoms with Gasteiger partial charge < -0.3 is 10.1 Å². The minimum Gasteiger partial charge on any atom is -0.492 e. The molecule has 0 bridgehead atoms. The first-order valence-electron chi connectivity index (χ1n) is 6.11. The Labute approximate surface area is 120 Å². The van der Waals surface area contributed by atoms with Crippen LogP contribution in [0.25, 0.3) is 5.78 Å². The third-order valence-corrected chi connectivity index (χ3v) is 2.83. The van der Waals surface area contributed by atoms with E-state index in [0.29, 0.717) is 24.1 Å². The first-order chi connectivity index (χ1) is 9.83. The number of anilines is 1. The van der Waals surface area contributed by atoms with Gasteiger partial charge in [-0.15, -0.1) is 0 Å². The molecule has 2 aromatic heterocycles. The Morgan fingerprint density at radius 1 is 1.25 bits per heavy atom. The van der Waals surface area contributed by atoms with E-state index in [-0.39, 0.29) is 0 Å². The van der Waals surface area contributed by atoms with Crippen molar-refractivity contribution in [3.63, 3.8) is 0 Å². The summed E-state index contributed by atoms with van der Waals surface area (Å²) in [5.74, 6) is 2.03. The van der Waals surface area contributed by atoms with Gasteiger partial charge in [-0.25, -0.2) is 0 Å². The minimum absolute atomic E-state index is 0.372. The molecule has 20 heavy (non-hydrogen) atoms. The van der Waals surface area contributed by atoms with Gasteiger partial charge >= 0.3 is 0 Å². The summed E-state index contributed by atoms with van der Waals surface area (Å²) in [7, 11) is 0. The lowest BCUT2D eigenvalue weighted by atomic mass is 10.3. The van der Waals surface area contributed by atoms with Gasteiger partial charge in [0, 0.05) is 6.07 Å². The topological polar surface area (TPSA) is 64.3 Å². The van der Waals surface area contributed by atoms with E-state index in [1.54, 1.807) is 10.6 Å². The summed E-state index contributed by atoms with van der Waals surface area (Å²) in [6, 6.07) is 11.4. The summed E-state index contributed by atoms with van der Waals surface area (Å²) in [5.41, 5.74) is 0. The van der Waals surface area contributed by atoms with Crippen LogP contribution in [0.15, 0.2) is 42.7 Å². The number of aromatic nitrogens is 4. The molecule has 0 radical (unpaired) electrons. The summed E-state index contributed by atoms with van der Waals surface area (Å²) in [5, 5.41) is 7.65. The SMILES string of the molecule is Clc1cc(NCCOc2ccccc2)n2ncnc2n1. The summed E-state index contributed by atoms with van der Waals surface area (Å²) >= 11 is 5.93. The van der Waals surface area contributed by atoms with Crippen LogP contribution in [-0.4, -0.2) is 32.7 Å². The van der Waals surface area contributed by atoms with Crippen LogP contribution in [0.5, 0.6) is 5.75 Å². The van der Waals surface area contributed by atoms with E-state index >= 15 is 0 Å². The van der Waals surface area contributed by atoms with Gasteiger partial charge in [-0.1, -0.05) is 29.8 Å². The van der Waals surface area contributed by atoms with E-state index in [4.69, 9.17) is 16.3 Å². The number of fused-ring (bicyclic) bond motifs is 1. The second-order valence-electron chi connectivity index (χ2n) is 4.02. The van der Waals surface area contributed by atoms with Crippen LogP contribution in [0, 0.1) is 0 Å². The average molecular weight is 290 g/mol. The van der Waals surface area contributed by atoms with Gasteiger partial charge in [0.05, 0.1) is 6.54 Å². The molecule has 1 N–H and O–H groups in total. The standard InChI is InChI=1S/C13H12ClN5O/c14-11-8-12(19-13(18-11)16-9-17-19)15-6-7-20-10-4-2-1-3-5-10/h1-5,8-9,15H,6-7H2. The van der Waals surface area contributed by atoms with Crippen LogP contribution >= 0.6 is 11.6 Å². The Bertz CT molecular complexity index is 700. The van der Waals surface area contributed by atoms with Crippen LogP contribution in [0.3, 0.4) is 0 Å². The molecule has 102 valence electrons. The summed E-state index contributed by atoms with van der Waals surface area (Å²) < 4.78 is 7.19. The predicted molar refractivity (Wildman–Crippen MR) is 76.2 cm³/mol. The number of nitrogens with zero attached hydrogens (tertiary/aromatic N) is 4. The molecular weight excluding hydrogens is 278 g/mol. The van der Waals surface area contributed by atoms with Crippen molar-refractivity contribution in [2.45, 2.75) is 0 Å². The third-order valence-electron chi connectivity index (χ3n) is 2.64. The molecule has 0 aliphatic heterocycles. The van der Waals surface area contributed by atoms with Crippen molar-refractivity contribution in [2.75, 3.05) is 18.5 Å². The van der Waals surface area contributed by atoms with Crippen LogP contribution < -0.4 is 10.1 Å². The van der Waals surface area contributed by atoms with Crippen molar-refractivity contribution in [3.05, 3.63) is 47.9 Å². The molecule has 6 nitrogen and oxygen atoms in total. The molecule has 3 rings (SSSR count). The normalized spacial score (nSPS) is 10.7. The number of hydrogen-bond acceptors (Lipinski definition) is 5. The van der Waals surface area contributed by atoms with E-state index in [2.05, 4.69) is 20.4 Å². The van der Waals surface area contributed by atoms with Gasteiger partial charge in [0.25, 0.3) is 5.78 Å². The van der Waals surface area contributed by atoms with Crippen molar-refractivity contribution in [1.29, 1.82) is 0 Å². The number of halogens is 1. The first-order valence-corrected chi connectivity index (χ1v) is 6.49. The quantitative estimate of drug-likeness (QED) is 0.576. The summed E-state index contributed by atoms with van der Waals surface area (Å²) in [6.07, 6.45) is 1.43. The maximum absolute atomic E-state index is 5.93. The lowest BCUT2D eigenvalue weighted by Crippen LogP contribution is -2.14. The highest BCUT2D eigenvalue weighted by Crippen LogP contribution is 2.14. The van der Waals surface area contributed by atoms with Crippen LogP contribution in [0.4, 0.5) is 5.82 Å². The molecule has 0 atom stereocenters. The lowest BCUT2D eigenvalue weighted by molar-refractivity contribution is 0.332. The smallest absolute Gasteiger partial charge is 0.255 e. The van der Waals surface area contributed by atoms with Crippen molar-refractivity contribution < 1.29 is 4.74 Å². The van der Waals surface area contributed by atoms with E-state index in [9.17, 15) is 0 Å². The van der Waals surface area contributed by atoms with Gasteiger partial charge in [-0.3, -0.25) is 0 Å². The molecule has 0 saturated carbocycles. The maximum Gasteiger partial charge on any atom is 0.255 e. The summed E-state index contributed by atoms with van der Waals surface area (Å²) in [6.45, 7) is 1.14. The zero-order chi connectivity index (χ0) is 13.8. The van der Waals surface area contributed by atoms with Gasteiger partial charge in [-0.05, 0) is 12.1 Å². The largest absolute Gasteiger partial charge is 0.492 e. The van der Waals surface area contributed by atoms with Crippen molar-refractivity contribution in [1.82, 2.24) is 19.6 Å². The second kappa shape index (κ2) is 5.75. The number of hydrogen-bond donors (Lipinski definition) is 1. The van der Waals surface area contributed by atoms with E-state index in [1.165, 1.54) is 6.33 Å². The highest BCUT2D eigenvalue weighted by atomic mass is 35.5. The first kappa shape index (κ1) is 12.7. The fourth-order valence-corrected chi connectivity index (χ4v) is 1.95. The van der Waals surface area contributed by atoms with Gasteiger partial charge in [0.15, 0.2) is 0 Å². The molecular formula is C13H12ClN5O. The minimum atomic E-state index is 0.372. The summed E-state index contributed by atoms with van der Waals surface area (Å²) in [4.78, 5) is 8.06. The van der Waals surface area contributed by atoms with Gasteiger partial charge in [0.2, 0.25) is 0 Å². The Hall–Kier alpha value is -2.34. The number of para-hydroxylation sites is 1. The zero-order valence-electron chi connectivity index (χ0n) is 10.5. The Morgan fingerprint density at radius 3 is 2.95 bits per heavy atom. The Kier molecular flexibility index (Phi) is 3.64. The van der Waals surface area contributed by atoms with Crippen LogP contribution in [0.2, 0.25) is 5.15 Å². The Balaban J connectivity index is 1.61. The molecule has 3 aromatic rings. The highest BCUT2D eigenvalue weighted by Gasteiger charge is 2.05. The molecule has 0 aliphatic rings. The second-order valence-corrected chi connectivity index (χ2v) is 4.41. The average Bonchev–Trinajstić information content (AvgIpc) is 2.92. The lowest BCUT2D eigenvalue weighted by Gasteiger charge is -2.09. The number of benzene rings is 1. The zero-order valence-corrected chi connectivity index (χ0v) is 11.3. The van der Waals surface area contributed by atoms with Crippen molar-refractivity contribution in [2.24, 2.45) is 0 Å². The van der Waals surface area contributed by atoms with E-state index in [0.717, 1.165) is 11.6 Å². The fraction of sp³-hybridized carbons (Fsp3) is 0.154. The Morgan fingerprint density at radius 2 is 2.10 bits per heavy atom. The molecule has 0 unspecified atom stereocenters. The van der Waals surface area contributed by atoms with Crippen molar-refractivity contribution >= 4 is 23.2 Å². The number of nitrogens with one attached hydrogen (secondary N) is 1. The predicted octanol–water partition coefficient (Wildman–Crippen LogP) is 2.27. The fourth-order valence-electron chi connectivity index (χ4n) is 1.77. The van der Waals surface area contributed by atoms with Crippen LogP contribution in [0.1, 0.15) is 0 Å².